The number of benzene rings is 1. The molecule has 27 heavy (non-hydrogen) atoms. The molecule has 3 N–H and O–H groups in total. The zero-order valence-corrected chi connectivity index (χ0v) is 16.7. The van der Waals surface area contributed by atoms with E-state index < -0.39 is 0 Å². The summed E-state index contributed by atoms with van der Waals surface area (Å²) in [6.45, 7) is 2.06. The maximum Gasteiger partial charge on any atom is 0.223 e. The monoisotopic (exact) mass is 390 g/mol. The smallest absolute Gasteiger partial charge is 0.223 e. The number of carbonyl (C=O) groups is 1. The highest BCUT2D eigenvalue weighted by Crippen LogP contribution is 2.42. The number of nitrogens with two attached hydrogens (primary N) is 1. The van der Waals surface area contributed by atoms with Gasteiger partial charge in [-0.2, -0.15) is 0 Å². The Hall–Kier alpha value is -1.10. The average molecular weight is 391 g/mol. The molecule has 3 aliphatic rings. The molecule has 148 valence electrons. The molecule has 0 aromatic heterocycles. The van der Waals surface area contributed by atoms with Gasteiger partial charge >= 0.3 is 0 Å². The largest absolute Gasteiger partial charge is 0.381 e. The van der Waals surface area contributed by atoms with Gasteiger partial charge in [0.15, 0.2) is 0 Å². The lowest BCUT2D eigenvalue weighted by molar-refractivity contribution is -0.128. The van der Waals surface area contributed by atoms with Crippen LogP contribution in [0.3, 0.4) is 0 Å². The Labute approximate surface area is 167 Å². The summed E-state index contributed by atoms with van der Waals surface area (Å²) in [5.41, 5.74) is 7.40. The van der Waals surface area contributed by atoms with Crippen molar-refractivity contribution in [3.8, 4) is 0 Å². The molecule has 1 aliphatic heterocycles. The van der Waals surface area contributed by atoms with Crippen molar-refractivity contribution in [3.63, 3.8) is 0 Å². The van der Waals surface area contributed by atoms with Crippen LogP contribution in [0.15, 0.2) is 24.3 Å². The number of halogens is 1. The Kier molecular flexibility index (Phi) is 5.77. The van der Waals surface area contributed by atoms with Crippen LogP contribution in [0.1, 0.15) is 50.5 Å². The predicted molar refractivity (Wildman–Crippen MR) is 108 cm³/mol. The zero-order valence-electron chi connectivity index (χ0n) is 16.0. The number of ether oxygens (including phenoxy) is 1. The van der Waals surface area contributed by atoms with Crippen molar-refractivity contribution < 1.29 is 9.53 Å². The molecule has 1 saturated heterocycles. The second-order valence-electron chi connectivity index (χ2n) is 8.79. The van der Waals surface area contributed by atoms with Crippen molar-refractivity contribution in [3.05, 3.63) is 34.9 Å². The van der Waals surface area contributed by atoms with Crippen molar-refractivity contribution >= 4 is 17.5 Å². The number of carbonyl (C=O) groups excluding carboxylic acids is 1. The number of hydrogen-bond acceptors (Lipinski definition) is 3. The lowest BCUT2D eigenvalue weighted by Crippen LogP contribution is -2.51. The molecule has 2 atom stereocenters. The van der Waals surface area contributed by atoms with Gasteiger partial charge in [0, 0.05) is 42.2 Å². The van der Waals surface area contributed by atoms with Gasteiger partial charge < -0.3 is 15.8 Å². The number of nitrogens with one attached hydrogen (secondary N) is 1. The van der Waals surface area contributed by atoms with E-state index in [2.05, 4.69) is 11.4 Å². The number of fused-ring (bicyclic) bond motifs is 2. The van der Waals surface area contributed by atoms with Gasteiger partial charge in [0.1, 0.15) is 0 Å². The fraction of sp³-hybridized carbons (Fsp3) is 0.682. The molecular formula is C22H31ClN2O2. The molecule has 2 saturated carbocycles. The SMILES string of the molecule is NC1C2CCCC1CC(C(=O)NCC1(c3ccccc3Cl)CCOCC1)C2. The van der Waals surface area contributed by atoms with E-state index in [9.17, 15) is 4.79 Å². The zero-order chi connectivity index (χ0) is 18.9. The predicted octanol–water partition coefficient (Wildman–Crippen LogP) is 3.66. The van der Waals surface area contributed by atoms with E-state index in [0.29, 0.717) is 37.6 Å². The Morgan fingerprint density at radius 1 is 1.19 bits per heavy atom. The second kappa shape index (κ2) is 8.10. The summed E-state index contributed by atoms with van der Waals surface area (Å²) in [7, 11) is 0. The topological polar surface area (TPSA) is 64.4 Å². The van der Waals surface area contributed by atoms with E-state index in [1.807, 2.05) is 18.2 Å². The summed E-state index contributed by atoms with van der Waals surface area (Å²) in [4.78, 5) is 13.0. The first-order valence-electron chi connectivity index (χ1n) is 10.5. The lowest BCUT2D eigenvalue weighted by Gasteiger charge is -2.44. The van der Waals surface area contributed by atoms with Crippen LogP contribution >= 0.6 is 11.6 Å². The average Bonchev–Trinajstić information content (AvgIpc) is 2.67. The van der Waals surface area contributed by atoms with Crippen LogP contribution in [0.25, 0.3) is 0 Å². The quantitative estimate of drug-likeness (QED) is 0.824. The van der Waals surface area contributed by atoms with Crippen LogP contribution in [-0.4, -0.2) is 31.7 Å². The molecule has 2 aliphatic carbocycles. The van der Waals surface area contributed by atoms with Crippen molar-refractivity contribution in [2.24, 2.45) is 23.5 Å². The molecule has 1 heterocycles. The molecule has 2 bridgehead atoms. The summed E-state index contributed by atoms with van der Waals surface area (Å²) in [5, 5.41) is 4.08. The van der Waals surface area contributed by atoms with Crippen LogP contribution in [-0.2, 0) is 14.9 Å². The molecule has 0 spiro atoms. The van der Waals surface area contributed by atoms with Crippen LogP contribution in [0.5, 0.6) is 0 Å². The summed E-state index contributed by atoms with van der Waals surface area (Å²) >= 11 is 6.52. The van der Waals surface area contributed by atoms with E-state index in [1.165, 1.54) is 19.3 Å². The molecular weight excluding hydrogens is 360 g/mol. The highest BCUT2D eigenvalue weighted by Gasteiger charge is 2.42. The van der Waals surface area contributed by atoms with E-state index in [4.69, 9.17) is 22.1 Å². The molecule has 1 aromatic carbocycles. The summed E-state index contributed by atoms with van der Waals surface area (Å²) in [6, 6.07) is 8.34. The fourth-order valence-electron chi connectivity index (χ4n) is 5.60. The van der Waals surface area contributed by atoms with Crippen molar-refractivity contribution in [1.82, 2.24) is 5.32 Å². The van der Waals surface area contributed by atoms with Crippen LogP contribution in [0, 0.1) is 17.8 Å². The third-order valence-corrected chi connectivity index (χ3v) is 7.61. The Morgan fingerprint density at radius 3 is 2.52 bits per heavy atom. The molecule has 1 amide bonds. The standard InChI is InChI=1S/C22H31ClN2O2/c23-19-7-2-1-6-18(19)22(8-10-27-11-9-22)14-25-21(26)17-12-15-4-3-5-16(13-17)20(15)24/h1-2,6-7,15-17,20H,3-5,8-14,24H2,(H,25,26). The highest BCUT2D eigenvalue weighted by molar-refractivity contribution is 6.31. The van der Waals surface area contributed by atoms with Crippen molar-refractivity contribution in [2.75, 3.05) is 19.8 Å². The van der Waals surface area contributed by atoms with Gasteiger partial charge in [0.25, 0.3) is 0 Å². The minimum Gasteiger partial charge on any atom is -0.381 e. The normalized spacial score (nSPS) is 32.7. The minimum absolute atomic E-state index is 0.114. The van der Waals surface area contributed by atoms with Crippen molar-refractivity contribution in [2.45, 2.75) is 56.4 Å². The van der Waals surface area contributed by atoms with Gasteiger partial charge in [0.05, 0.1) is 0 Å². The highest BCUT2D eigenvalue weighted by atomic mass is 35.5. The Morgan fingerprint density at radius 2 is 1.85 bits per heavy atom. The van der Waals surface area contributed by atoms with Gasteiger partial charge in [-0.05, 0) is 62.0 Å². The third kappa shape index (κ3) is 3.90. The lowest BCUT2D eigenvalue weighted by atomic mass is 9.65. The third-order valence-electron chi connectivity index (χ3n) is 7.28. The Balaban J connectivity index is 1.45. The maximum atomic E-state index is 13.0. The van der Waals surface area contributed by atoms with Gasteiger partial charge in [-0.15, -0.1) is 0 Å². The molecule has 4 nitrogen and oxygen atoms in total. The van der Waals surface area contributed by atoms with Crippen molar-refractivity contribution in [1.29, 1.82) is 0 Å². The number of amides is 1. The molecule has 4 rings (SSSR count). The van der Waals surface area contributed by atoms with Gasteiger partial charge in [-0.25, -0.2) is 0 Å². The van der Waals surface area contributed by atoms with Gasteiger partial charge in [0.2, 0.25) is 5.91 Å². The van der Waals surface area contributed by atoms with Crippen LogP contribution in [0.2, 0.25) is 5.02 Å². The second-order valence-corrected chi connectivity index (χ2v) is 9.19. The molecule has 1 aromatic rings. The first-order valence-corrected chi connectivity index (χ1v) is 10.8. The first kappa shape index (κ1) is 19.2. The van der Waals surface area contributed by atoms with Crippen LogP contribution < -0.4 is 11.1 Å². The van der Waals surface area contributed by atoms with E-state index in [-0.39, 0.29) is 17.2 Å². The van der Waals surface area contributed by atoms with E-state index in [1.54, 1.807) is 0 Å². The molecule has 3 fully saturated rings. The molecule has 0 radical (unpaired) electrons. The summed E-state index contributed by atoms with van der Waals surface area (Å²) in [6.07, 6.45) is 7.31. The first-order chi connectivity index (χ1) is 13.1. The minimum atomic E-state index is -0.132. The van der Waals surface area contributed by atoms with Crippen LogP contribution in [0.4, 0.5) is 0 Å². The number of rotatable bonds is 4. The Bertz CT molecular complexity index is 660. The molecule has 5 heteroatoms. The van der Waals surface area contributed by atoms with E-state index in [0.717, 1.165) is 36.3 Å². The maximum absolute atomic E-state index is 13.0. The van der Waals surface area contributed by atoms with Gasteiger partial charge in [-0.3, -0.25) is 4.79 Å². The summed E-state index contributed by atoms with van der Waals surface area (Å²) < 4.78 is 5.60. The number of hydrogen-bond donors (Lipinski definition) is 2. The molecule has 2 unspecified atom stereocenters. The van der Waals surface area contributed by atoms with E-state index >= 15 is 0 Å². The summed E-state index contributed by atoms with van der Waals surface area (Å²) in [5.74, 6) is 1.36. The fourth-order valence-corrected chi connectivity index (χ4v) is 5.93. The van der Waals surface area contributed by atoms with Gasteiger partial charge in [-0.1, -0.05) is 36.2 Å².